The number of aryl methyl sites for hydroxylation is 1. The number of anilines is 2. The minimum atomic E-state index is -0.146. The zero-order chi connectivity index (χ0) is 19.7. The molecule has 4 rings (SSSR count). The van der Waals surface area contributed by atoms with Crippen molar-refractivity contribution in [3.63, 3.8) is 0 Å². The molecule has 0 amide bonds. The van der Waals surface area contributed by atoms with Crippen molar-refractivity contribution in [1.82, 2.24) is 24.8 Å². The number of piperazine rings is 1. The number of piperidine rings is 1. The van der Waals surface area contributed by atoms with Gasteiger partial charge in [0.25, 0.3) is 5.56 Å². The van der Waals surface area contributed by atoms with Crippen LogP contribution in [0, 0.1) is 12.8 Å². The highest BCUT2D eigenvalue weighted by Crippen LogP contribution is 2.24. The highest BCUT2D eigenvalue weighted by atomic mass is 16.1. The normalized spacial score (nSPS) is 19.2. The zero-order valence-electron chi connectivity index (χ0n) is 17.0. The molecule has 0 radical (unpaired) electrons. The largest absolute Gasteiger partial charge is 0.341 e. The highest BCUT2D eigenvalue weighted by molar-refractivity contribution is 5.62. The smallest absolute Gasteiger partial charge is 0.252 e. The fraction of sp³-hybridized carbons (Fsp3) is 0.600. The molecular formula is C20H29N7O. The highest BCUT2D eigenvalue weighted by Gasteiger charge is 2.20. The van der Waals surface area contributed by atoms with E-state index in [1.165, 1.54) is 18.9 Å². The summed E-state index contributed by atoms with van der Waals surface area (Å²) in [7, 11) is 2.11. The summed E-state index contributed by atoms with van der Waals surface area (Å²) in [6.07, 6.45) is 4.16. The lowest BCUT2D eigenvalue weighted by Gasteiger charge is -2.32. The van der Waals surface area contributed by atoms with Gasteiger partial charge in [-0.05, 0) is 32.7 Å². The Hall–Kier alpha value is -2.48. The molecule has 0 atom stereocenters. The first kappa shape index (κ1) is 18.9. The maximum absolute atomic E-state index is 12.3. The van der Waals surface area contributed by atoms with Crippen LogP contribution in [0.2, 0.25) is 0 Å². The van der Waals surface area contributed by atoms with Gasteiger partial charge in [-0.3, -0.25) is 9.78 Å². The van der Waals surface area contributed by atoms with Crippen molar-refractivity contribution in [2.45, 2.75) is 26.7 Å². The maximum Gasteiger partial charge on any atom is 0.252 e. The van der Waals surface area contributed by atoms with E-state index < -0.39 is 0 Å². The average Bonchev–Trinajstić information content (AvgIpc) is 2.68. The number of nitrogens with zero attached hydrogens (tertiary/aromatic N) is 6. The molecule has 0 bridgehead atoms. The SMILES string of the molecule is Cc1nc(N2CCC(C)CC2)ncc1-c1cc(=O)[nH]c(N2CCN(C)CC2)n1. The van der Waals surface area contributed by atoms with E-state index in [4.69, 9.17) is 9.97 Å². The molecule has 8 nitrogen and oxygen atoms in total. The number of aromatic amines is 1. The lowest BCUT2D eigenvalue weighted by Crippen LogP contribution is -2.45. The summed E-state index contributed by atoms with van der Waals surface area (Å²) >= 11 is 0. The predicted molar refractivity (Wildman–Crippen MR) is 111 cm³/mol. The molecule has 2 saturated heterocycles. The van der Waals surface area contributed by atoms with Crippen molar-refractivity contribution < 1.29 is 0 Å². The Morgan fingerprint density at radius 2 is 1.75 bits per heavy atom. The molecule has 2 aromatic heterocycles. The predicted octanol–water partition coefficient (Wildman–Crippen LogP) is 1.52. The van der Waals surface area contributed by atoms with E-state index in [2.05, 4.69) is 38.6 Å². The fourth-order valence-corrected chi connectivity index (χ4v) is 3.82. The Bertz CT molecular complexity index is 880. The number of hydrogen-bond acceptors (Lipinski definition) is 7. The number of hydrogen-bond donors (Lipinski definition) is 1. The van der Waals surface area contributed by atoms with E-state index >= 15 is 0 Å². The van der Waals surface area contributed by atoms with Gasteiger partial charge in [-0.15, -0.1) is 0 Å². The molecule has 0 aromatic carbocycles. The van der Waals surface area contributed by atoms with Crippen LogP contribution < -0.4 is 15.4 Å². The second-order valence-corrected chi connectivity index (χ2v) is 8.08. The number of aromatic nitrogens is 4. The van der Waals surface area contributed by atoms with Gasteiger partial charge in [-0.2, -0.15) is 0 Å². The fourth-order valence-electron chi connectivity index (χ4n) is 3.82. The number of nitrogens with one attached hydrogen (secondary N) is 1. The zero-order valence-corrected chi connectivity index (χ0v) is 17.0. The summed E-state index contributed by atoms with van der Waals surface area (Å²) in [5.74, 6) is 2.17. The third-order valence-electron chi connectivity index (χ3n) is 5.84. The summed E-state index contributed by atoms with van der Waals surface area (Å²) in [5, 5.41) is 0. The van der Waals surface area contributed by atoms with E-state index in [0.29, 0.717) is 11.6 Å². The van der Waals surface area contributed by atoms with Crippen LogP contribution in [0.4, 0.5) is 11.9 Å². The topological polar surface area (TPSA) is 81.2 Å². The Balaban J connectivity index is 1.59. The van der Waals surface area contributed by atoms with Crippen LogP contribution in [0.1, 0.15) is 25.5 Å². The first-order valence-corrected chi connectivity index (χ1v) is 10.1. The van der Waals surface area contributed by atoms with Gasteiger partial charge in [-0.25, -0.2) is 15.0 Å². The standard InChI is InChI=1S/C20H29N7O/c1-14-4-6-26(7-5-14)19-21-13-16(15(2)22-19)17-12-18(28)24-20(23-17)27-10-8-25(3)9-11-27/h12-14H,4-11H2,1-3H3,(H,23,24,28). The van der Waals surface area contributed by atoms with Gasteiger partial charge in [0.2, 0.25) is 11.9 Å². The van der Waals surface area contributed by atoms with Crippen LogP contribution >= 0.6 is 0 Å². The second kappa shape index (κ2) is 7.87. The Kier molecular flexibility index (Phi) is 5.30. The third-order valence-corrected chi connectivity index (χ3v) is 5.84. The molecule has 0 aliphatic carbocycles. The molecule has 2 aliphatic rings. The van der Waals surface area contributed by atoms with Crippen LogP contribution in [0.15, 0.2) is 17.1 Å². The Labute approximate surface area is 165 Å². The van der Waals surface area contributed by atoms with Crippen molar-refractivity contribution in [2.24, 2.45) is 5.92 Å². The van der Waals surface area contributed by atoms with E-state index in [-0.39, 0.29) is 5.56 Å². The van der Waals surface area contributed by atoms with Crippen LogP contribution in [-0.4, -0.2) is 71.2 Å². The molecule has 150 valence electrons. The molecule has 2 aromatic rings. The molecule has 4 heterocycles. The van der Waals surface area contributed by atoms with E-state index in [1.807, 2.05) is 13.1 Å². The molecule has 0 unspecified atom stereocenters. The van der Waals surface area contributed by atoms with Crippen molar-refractivity contribution in [1.29, 1.82) is 0 Å². The molecule has 28 heavy (non-hydrogen) atoms. The summed E-state index contributed by atoms with van der Waals surface area (Å²) in [6, 6.07) is 1.54. The molecule has 0 saturated carbocycles. The summed E-state index contributed by atoms with van der Waals surface area (Å²) in [4.78, 5) is 35.8. The molecule has 0 spiro atoms. The third kappa shape index (κ3) is 4.01. The van der Waals surface area contributed by atoms with Crippen LogP contribution in [0.3, 0.4) is 0 Å². The average molecular weight is 384 g/mol. The van der Waals surface area contributed by atoms with Crippen molar-refractivity contribution in [2.75, 3.05) is 56.1 Å². The van der Waals surface area contributed by atoms with Crippen LogP contribution in [-0.2, 0) is 0 Å². The van der Waals surface area contributed by atoms with Crippen molar-refractivity contribution in [3.05, 3.63) is 28.3 Å². The maximum atomic E-state index is 12.3. The monoisotopic (exact) mass is 383 g/mol. The number of rotatable bonds is 3. The molecule has 1 N–H and O–H groups in total. The molecule has 2 aliphatic heterocycles. The Morgan fingerprint density at radius 3 is 2.43 bits per heavy atom. The first-order chi connectivity index (χ1) is 13.5. The van der Waals surface area contributed by atoms with Gasteiger partial charge < -0.3 is 14.7 Å². The van der Waals surface area contributed by atoms with E-state index in [9.17, 15) is 4.79 Å². The van der Waals surface area contributed by atoms with E-state index in [1.54, 1.807) is 0 Å². The van der Waals surface area contributed by atoms with Gasteiger partial charge in [0.15, 0.2) is 0 Å². The molecule has 8 heteroatoms. The summed E-state index contributed by atoms with van der Waals surface area (Å²) in [5.41, 5.74) is 2.16. The van der Waals surface area contributed by atoms with E-state index in [0.717, 1.165) is 62.4 Å². The van der Waals surface area contributed by atoms with Crippen molar-refractivity contribution >= 4 is 11.9 Å². The number of likely N-dealkylation sites (N-methyl/N-ethyl adjacent to an activating group) is 1. The lowest BCUT2D eigenvalue weighted by molar-refractivity contribution is 0.311. The van der Waals surface area contributed by atoms with Gasteiger partial charge in [-0.1, -0.05) is 6.92 Å². The van der Waals surface area contributed by atoms with Crippen molar-refractivity contribution in [3.8, 4) is 11.3 Å². The molecule has 2 fully saturated rings. The minimum absolute atomic E-state index is 0.146. The van der Waals surface area contributed by atoms with Crippen LogP contribution in [0.5, 0.6) is 0 Å². The summed E-state index contributed by atoms with van der Waals surface area (Å²) < 4.78 is 0. The first-order valence-electron chi connectivity index (χ1n) is 10.1. The molecular weight excluding hydrogens is 354 g/mol. The minimum Gasteiger partial charge on any atom is -0.341 e. The summed E-state index contributed by atoms with van der Waals surface area (Å²) in [6.45, 7) is 9.87. The van der Waals surface area contributed by atoms with Gasteiger partial charge in [0.05, 0.1) is 11.4 Å². The van der Waals surface area contributed by atoms with Gasteiger partial charge in [0, 0.05) is 57.1 Å². The second-order valence-electron chi connectivity index (χ2n) is 8.08. The number of H-pyrrole nitrogens is 1. The van der Waals surface area contributed by atoms with Gasteiger partial charge >= 0.3 is 0 Å². The van der Waals surface area contributed by atoms with Gasteiger partial charge in [0.1, 0.15) is 0 Å². The Morgan fingerprint density at radius 1 is 1.04 bits per heavy atom. The van der Waals surface area contributed by atoms with Crippen LogP contribution in [0.25, 0.3) is 11.3 Å². The lowest BCUT2D eigenvalue weighted by atomic mass is 10.00. The quantitative estimate of drug-likeness (QED) is 0.861.